The lowest BCUT2D eigenvalue weighted by Crippen LogP contribution is -2.40. The molecule has 1 atom stereocenters. The van der Waals surface area contributed by atoms with Gasteiger partial charge in [0.25, 0.3) is 0 Å². The Bertz CT molecular complexity index is 1210. The average molecular weight is 472 g/mol. The van der Waals surface area contributed by atoms with Crippen molar-refractivity contribution in [3.05, 3.63) is 69.3 Å². The molecule has 0 aliphatic carbocycles. The maximum absolute atomic E-state index is 13.1. The molecule has 1 saturated heterocycles. The Morgan fingerprint density at radius 3 is 2.53 bits per heavy atom. The second-order valence-electron chi connectivity index (χ2n) is 8.53. The molecule has 1 aliphatic heterocycles. The van der Waals surface area contributed by atoms with Crippen molar-refractivity contribution < 1.29 is 14.4 Å². The fraction of sp³-hybridized carbons (Fsp3) is 0.292. The maximum atomic E-state index is 13.1. The third-order valence-corrected chi connectivity index (χ3v) is 6.64. The van der Waals surface area contributed by atoms with E-state index >= 15 is 0 Å². The van der Waals surface area contributed by atoms with E-state index < -0.39 is 17.2 Å². The summed E-state index contributed by atoms with van der Waals surface area (Å²) in [4.78, 5) is 39.9. The van der Waals surface area contributed by atoms with E-state index in [9.17, 15) is 14.4 Å². The molecular formula is C24H23Cl2N3O3. The molecule has 1 fully saturated rings. The van der Waals surface area contributed by atoms with E-state index in [2.05, 4.69) is 15.6 Å². The first-order valence-corrected chi connectivity index (χ1v) is 11.1. The molecule has 4 rings (SSSR count). The van der Waals surface area contributed by atoms with Crippen LogP contribution in [0.3, 0.4) is 0 Å². The van der Waals surface area contributed by atoms with Gasteiger partial charge in [-0.3, -0.25) is 19.7 Å². The summed E-state index contributed by atoms with van der Waals surface area (Å²) in [6.45, 7) is 3.99. The molecule has 166 valence electrons. The highest BCUT2D eigenvalue weighted by Crippen LogP contribution is 2.37. The summed E-state index contributed by atoms with van der Waals surface area (Å²) in [6, 6.07) is 11.3. The topological polar surface area (TPSA) is 91.1 Å². The number of aromatic nitrogens is 1. The Labute approximate surface area is 195 Å². The summed E-state index contributed by atoms with van der Waals surface area (Å²) in [5, 5.41) is 6.98. The fourth-order valence-electron chi connectivity index (χ4n) is 4.15. The van der Waals surface area contributed by atoms with E-state index in [0.717, 1.165) is 22.0 Å². The van der Waals surface area contributed by atoms with E-state index in [1.54, 1.807) is 12.1 Å². The van der Waals surface area contributed by atoms with Crippen LogP contribution in [0, 0.1) is 0 Å². The van der Waals surface area contributed by atoms with Gasteiger partial charge in [-0.15, -0.1) is 0 Å². The van der Waals surface area contributed by atoms with Crippen LogP contribution < -0.4 is 10.6 Å². The molecule has 6 nitrogen and oxygen atoms in total. The van der Waals surface area contributed by atoms with Crippen LogP contribution in [0.25, 0.3) is 10.9 Å². The summed E-state index contributed by atoms with van der Waals surface area (Å²) in [7, 11) is 0. The number of imide groups is 1. The number of rotatable bonds is 5. The standard InChI is InChI=1S/C24H23Cl2N3O3/c1-24(2,16-12-27-19-6-4-3-5-14(16)19)23(32)28-11-13-9-17(25)21(18(26)10-13)15-7-8-20(30)29-22(15)31/h3-6,9-10,12,15,27H,7-8,11H2,1-2H3,(H,28,32)(H,29,30,31). The SMILES string of the molecule is CC(C)(C(=O)NCc1cc(Cl)c(C2CCC(=O)NC2=O)c(Cl)c1)c1c[nH]c2ccccc12. The molecule has 1 unspecified atom stereocenters. The summed E-state index contributed by atoms with van der Waals surface area (Å²) < 4.78 is 0. The summed E-state index contributed by atoms with van der Waals surface area (Å²) in [6.07, 6.45) is 2.47. The van der Waals surface area contributed by atoms with Crippen LogP contribution in [-0.2, 0) is 26.3 Å². The molecule has 0 spiro atoms. The molecule has 3 N–H and O–H groups in total. The highest BCUT2D eigenvalue weighted by atomic mass is 35.5. The van der Waals surface area contributed by atoms with Gasteiger partial charge >= 0.3 is 0 Å². The van der Waals surface area contributed by atoms with Gasteiger partial charge < -0.3 is 10.3 Å². The van der Waals surface area contributed by atoms with Gasteiger partial charge in [0.15, 0.2) is 0 Å². The van der Waals surface area contributed by atoms with Crippen LogP contribution in [0.5, 0.6) is 0 Å². The number of nitrogens with one attached hydrogen (secondary N) is 3. The normalized spacial score (nSPS) is 16.8. The van der Waals surface area contributed by atoms with Crippen LogP contribution in [0.1, 0.15) is 49.3 Å². The van der Waals surface area contributed by atoms with E-state index in [4.69, 9.17) is 23.2 Å². The minimum Gasteiger partial charge on any atom is -0.361 e. The van der Waals surface area contributed by atoms with Crippen LogP contribution in [0.2, 0.25) is 10.0 Å². The molecule has 32 heavy (non-hydrogen) atoms. The zero-order valence-corrected chi connectivity index (χ0v) is 19.2. The number of hydrogen-bond donors (Lipinski definition) is 3. The van der Waals surface area contributed by atoms with Gasteiger partial charge in [-0.2, -0.15) is 0 Å². The van der Waals surface area contributed by atoms with Crippen LogP contribution in [0.4, 0.5) is 0 Å². The van der Waals surface area contributed by atoms with Crippen molar-refractivity contribution in [2.75, 3.05) is 0 Å². The first-order valence-electron chi connectivity index (χ1n) is 10.3. The number of benzene rings is 2. The van der Waals surface area contributed by atoms with Gasteiger partial charge in [0.1, 0.15) is 0 Å². The van der Waals surface area contributed by atoms with Crippen molar-refractivity contribution in [3.8, 4) is 0 Å². The number of aromatic amines is 1. The maximum Gasteiger partial charge on any atom is 0.234 e. The number of fused-ring (bicyclic) bond motifs is 1. The molecule has 0 bridgehead atoms. The quantitative estimate of drug-likeness (QED) is 0.475. The largest absolute Gasteiger partial charge is 0.361 e. The van der Waals surface area contributed by atoms with Gasteiger partial charge in [-0.1, -0.05) is 41.4 Å². The number of carbonyl (C=O) groups excluding carboxylic acids is 3. The molecule has 0 radical (unpaired) electrons. The lowest BCUT2D eigenvalue weighted by Gasteiger charge is -2.25. The molecular weight excluding hydrogens is 449 g/mol. The average Bonchev–Trinajstić information content (AvgIpc) is 3.18. The van der Waals surface area contributed by atoms with E-state index in [-0.39, 0.29) is 24.8 Å². The van der Waals surface area contributed by atoms with E-state index in [0.29, 0.717) is 22.0 Å². The fourth-order valence-corrected chi connectivity index (χ4v) is 4.95. The minimum absolute atomic E-state index is 0.135. The summed E-state index contributed by atoms with van der Waals surface area (Å²) >= 11 is 12.9. The Morgan fingerprint density at radius 2 is 1.84 bits per heavy atom. The highest BCUT2D eigenvalue weighted by Gasteiger charge is 2.33. The smallest absolute Gasteiger partial charge is 0.234 e. The third-order valence-electron chi connectivity index (χ3n) is 6.01. The first-order chi connectivity index (χ1) is 15.2. The minimum atomic E-state index is -0.764. The van der Waals surface area contributed by atoms with Gasteiger partial charge in [0.2, 0.25) is 17.7 Å². The molecule has 3 amide bonds. The first kappa shape index (κ1) is 22.4. The number of carbonyl (C=O) groups is 3. The number of halogens is 2. The Morgan fingerprint density at radius 1 is 1.16 bits per heavy atom. The van der Waals surface area contributed by atoms with Crippen molar-refractivity contribution in [2.45, 2.75) is 44.6 Å². The number of piperidine rings is 1. The van der Waals surface area contributed by atoms with Gasteiger partial charge in [0.05, 0.1) is 11.3 Å². The van der Waals surface area contributed by atoms with Gasteiger partial charge in [-0.25, -0.2) is 0 Å². The summed E-state index contributed by atoms with van der Waals surface area (Å²) in [5.74, 6) is -1.40. The number of para-hydroxylation sites is 1. The lowest BCUT2D eigenvalue weighted by molar-refractivity contribution is -0.134. The Kier molecular flexibility index (Phi) is 6.01. The van der Waals surface area contributed by atoms with Crippen LogP contribution >= 0.6 is 23.2 Å². The van der Waals surface area contributed by atoms with Crippen molar-refractivity contribution in [1.29, 1.82) is 0 Å². The zero-order valence-electron chi connectivity index (χ0n) is 17.7. The second kappa shape index (κ2) is 8.60. The molecule has 8 heteroatoms. The summed E-state index contributed by atoms with van der Waals surface area (Å²) in [5.41, 5.74) is 2.35. The van der Waals surface area contributed by atoms with E-state index in [1.807, 2.05) is 44.3 Å². The molecule has 3 aromatic rings. The molecule has 0 saturated carbocycles. The van der Waals surface area contributed by atoms with Crippen molar-refractivity contribution in [2.24, 2.45) is 0 Å². The van der Waals surface area contributed by atoms with Gasteiger partial charge in [-0.05, 0) is 49.6 Å². The Hall–Kier alpha value is -2.83. The third kappa shape index (κ3) is 4.12. The van der Waals surface area contributed by atoms with Gasteiger partial charge in [0, 0.05) is 45.7 Å². The molecule has 1 aliphatic rings. The van der Waals surface area contributed by atoms with Crippen molar-refractivity contribution >= 4 is 51.8 Å². The Balaban J connectivity index is 1.50. The van der Waals surface area contributed by atoms with Crippen molar-refractivity contribution in [1.82, 2.24) is 15.6 Å². The number of hydrogen-bond acceptors (Lipinski definition) is 3. The van der Waals surface area contributed by atoms with Crippen molar-refractivity contribution in [3.63, 3.8) is 0 Å². The monoisotopic (exact) mass is 471 g/mol. The zero-order chi connectivity index (χ0) is 23.0. The molecule has 1 aromatic heterocycles. The second-order valence-corrected chi connectivity index (χ2v) is 9.35. The van der Waals surface area contributed by atoms with E-state index in [1.165, 1.54) is 0 Å². The highest BCUT2D eigenvalue weighted by molar-refractivity contribution is 6.36. The number of H-pyrrole nitrogens is 1. The number of amides is 3. The van der Waals surface area contributed by atoms with Crippen LogP contribution in [-0.4, -0.2) is 22.7 Å². The van der Waals surface area contributed by atoms with Crippen LogP contribution in [0.15, 0.2) is 42.6 Å². The molecule has 2 aromatic carbocycles. The predicted octanol–water partition coefficient (Wildman–Crippen LogP) is 4.59. The predicted molar refractivity (Wildman–Crippen MR) is 125 cm³/mol. The lowest BCUT2D eigenvalue weighted by atomic mass is 9.83. The molecule has 2 heterocycles.